The van der Waals surface area contributed by atoms with Crippen LogP contribution in [0.1, 0.15) is 46.1 Å². The van der Waals surface area contributed by atoms with Crippen molar-refractivity contribution in [3.8, 4) is 0 Å². The molecule has 156 valence electrons. The number of nitrogens with zero attached hydrogens (tertiary/aromatic N) is 2. The Balaban J connectivity index is 1.82. The minimum atomic E-state index is -0.495. The summed E-state index contributed by atoms with van der Waals surface area (Å²) in [6.45, 7) is 9.73. The molecule has 1 aromatic carbocycles. The first-order valence-electron chi connectivity index (χ1n) is 10.0. The quantitative estimate of drug-likeness (QED) is 0.702. The Kier molecular flexibility index (Phi) is 8.23. The summed E-state index contributed by atoms with van der Waals surface area (Å²) in [5.41, 5.74) is 0.744. The van der Waals surface area contributed by atoms with E-state index < -0.39 is 5.60 Å². The summed E-state index contributed by atoms with van der Waals surface area (Å²) in [5.74, 6) is 1.33. The summed E-state index contributed by atoms with van der Waals surface area (Å²) < 4.78 is 5.43. The van der Waals surface area contributed by atoms with E-state index in [0.29, 0.717) is 19.0 Å². The number of carbonyl (C=O) groups is 2. The summed E-state index contributed by atoms with van der Waals surface area (Å²) in [4.78, 5) is 28.7. The molecule has 6 heteroatoms. The summed E-state index contributed by atoms with van der Waals surface area (Å²) in [7, 11) is 1.77. The van der Waals surface area contributed by atoms with Crippen LogP contribution in [0.4, 0.5) is 4.79 Å². The minimum Gasteiger partial charge on any atom is -0.444 e. The smallest absolute Gasteiger partial charge is 0.410 e. The van der Waals surface area contributed by atoms with Gasteiger partial charge < -0.3 is 14.5 Å². The lowest BCUT2D eigenvalue weighted by atomic mass is 9.97. The first kappa shape index (κ1) is 22.6. The summed E-state index contributed by atoms with van der Waals surface area (Å²) in [6.07, 6.45) is 1.71. The van der Waals surface area contributed by atoms with E-state index in [9.17, 15) is 9.59 Å². The third-order valence-electron chi connectivity index (χ3n) is 4.76. The molecule has 1 aliphatic rings. The van der Waals surface area contributed by atoms with E-state index in [2.05, 4.69) is 12.1 Å². The average Bonchev–Trinajstić information content (AvgIpc) is 2.65. The Morgan fingerprint density at radius 1 is 1.29 bits per heavy atom. The number of hydrogen-bond donors (Lipinski definition) is 0. The number of rotatable bonds is 6. The van der Waals surface area contributed by atoms with Crippen molar-refractivity contribution in [1.82, 2.24) is 9.80 Å². The lowest BCUT2D eigenvalue weighted by Gasteiger charge is -2.36. The van der Waals surface area contributed by atoms with Crippen LogP contribution in [0.5, 0.6) is 0 Å². The fourth-order valence-corrected chi connectivity index (χ4v) is 4.27. The van der Waals surface area contributed by atoms with Gasteiger partial charge in [-0.1, -0.05) is 30.3 Å². The Morgan fingerprint density at radius 2 is 1.96 bits per heavy atom. The van der Waals surface area contributed by atoms with Crippen molar-refractivity contribution in [2.24, 2.45) is 5.92 Å². The van der Waals surface area contributed by atoms with E-state index in [4.69, 9.17) is 4.74 Å². The van der Waals surface area contributed by atoms with Gasteiger partial charge in [-0.2, -0.15) is 0 Å². The number of thioether (sulfide) groups is 1. The number of hydrogen-bond acceptors (Lipinski definition) is 4. The standard InChI is InChI=1S/C22H34N2O3S/c1-17(28-16-18-10-7-6-8-11-18)20(25)24-13-9-12-19(15-24)14-23(5)21(26)27-22(2,3)4/h6-8,10-11,17,19H,9,12-16H2,1-5H3. The highest BCUT2D eigenvalue weighted by molar-refractivity contribution is 7.99. The second-order valence-corrected chi connectivity index (χ2v) is 9.92. The fourth-order valence-electron chi connectivity index (χ4n) is 3.34. The molecule has 2 atom stereocenters. The number of ether oxygens (including phenoxy) is 1. The molecule has 0 aromatic heterocycles. The summed E-state index contributed by atoms with van der Waals surface area (Å²) in [5, 5.41) is -0.0671. The molecule has 0 radical (unpaired) electrons. The molecule has 5 nitrogen and oxygen atoms in total. The third kappa shape index (κ3) is 7.38. The molecule has 2 unspecified atom stereocenters. The zero-order valence-corrected chi connectivity index (χ0v) is 18.6. The number of amides is 2. The van der Waals surface area contributed by atoms with Gasteiger partial charge >= 0.3 is 6.09 Å². The molecular weight excluding hydrogens is 372 g/mol. The largest absolute Gasteiger partial charge is 0.444 e. The van der Waals surface area contributed by atoms with Crippen molar-refractivity contribution in [2.45, 2.75) is 57.1 Å². The van der Waals surface area contributed by atoms with Crippen LogP contribution in [0.2, 0.25) is 0 Å². The second kappa shape index (κ2) is 10.2. The normalized spacial score (nSPS) is 18.5. The van der Waals surface area contributed by atoms with E-state index in [1.165, 1.54) is 5.56 Å². The lowest BCUT2D eigenvalue weighted by Crippen LogP contribution is -2.47. The Morgan fingerprint density at radius 3 is 2.61 bits per heavy atom. The van der Waals surface area contributed by atoms with E-state index in [-0.39, 0.29) is 17.3 Å². The molecule has 1 saturated heterocycles. The minimum absolute atomic E-state index is 0.0671. The fraction of sp³-hybridized carbons (Fsp3) is 0.636. The van der Waals surface area contributed by atoms with Gasteiger partial charge in [0, 0.05) is 32.4 Å². The molecular formula is C22H34N2O3S. The van der Waals surface area contributed by atoms with Crippen LogP contribution < -0.4 is 0 Å². The predicted octanol–water partition coefficient (Wildman–Crippen LogP) is 4.41. The van der Waals surface area contributed by atoms with E-state index in [0.717, 1.165) is 25.1 Å². The van der Waals surface area contributed by atoms with E-state index >= 15 is 0 Å². The molecule has 2 rings (SSSR count). The van der Waals surface area contributed by atoms with Crippen LogP contribution >= 0.6 is 11.8 Å². The van der Waals surface area contributed by atoms with Gasteiger partial charge in [-0.3, -0.25) is 4.79 Å². The highest BCUT2D eigenvalue weighted by Crippen LogP contribution is 2.24. The van der Waals surface area contributed by atoms with Crippen LogP contribution in [0.25, 0.3) is 0 Å². The van der Waals surface area contributed by atoms with Crippen LogP contribution in [0.3, 0.4) is 0 Å². The Bertz CT molecular complexity index is 645. The monoisotopic (exact) mass is 406 g/mol. The average molecular weight is 407 g/mol. The maximum atomic E-state index is 12.9. The molecule has 1 fully saturated rings. The Hall–Kier alpha value is -1.69. The third-order valence-corrected chi connectivity index (χ3v) is 5.96. The zero-order valence-electron chi connectivity index (χ0n) is 17.8. The van der Waals surface area contributed by atoms with Crippen molar-refractivity contribution in [2.75, 3.05) is 26.7 Å². The first-order valence-corrected chi connectivity index (χ1v) is 11.1. The Labute approximate surface area is 173 Å². The van der Waals surface area contributed by atoms with Gasteiger partial charge in [0.2, 0.25) is 5.91 Å². The van der Waals surface area contributed by atoms with Gasteiger partial charge in [0.25, 0.3) is 0 Å². The van der Waals surface area contributed by atoms with Gasteiger partial charge in [-0.25, -0.2) is 4.79 Å². The molecule has 28 heavy (non-hydrogen) atoms. The summed E-state index contributed by atoms with van der Waals surface area (Å²) >= 11 is 1.68. The van der Waals surface area contributed by atoms with Crippen LogP contribution in [-0.4, -0.2) is 59.3 Å². The molecule has 1 aromatic rings. The van der Waals surface area contributed by atoms with E-state index in [1.807, 2.05) is 50.8 Å². The van der Waals surface area contributed by atoms with Crippen LogP contribution in [0.15, 0.2) is 30.3 Å². The van der Waals surface area contributed by atoms with Crippen LogP contribution in [-0.2, 0) is 15.3 Å². The van der Waals surface area contributed by atoms with Gasteiger partial charge in [-0.05, 0) is 52.0 Å². The molecule has 0 bridgehead atoms. The zero-order chi connectivity index (χ0) is 20.7. The molecule has 0 saturated carbocycles. The molecule has 1 heterocycles. The SMILES string of the molecule is CC(SCc1ccccc1)C(=O)N1CCCC(CN(C)C(=O)OC(C)(C)C)C1. The van der Waals surface area contributed by atoms with E-state index in [1.54, 1.807) is 23.7 Å². The maximum Gasteiger partial charge on any atom is 0.410 e. The predicted molar refractivity (Wildman–Crippen MR) is 115 cm³/mol. The molecule has 2 amide bonds. The molecule has 0 aliphatic carbocycles. The molecule has 0 N–H and O–H groups in total. The number of piperidine rings is 1. The van der Waals surface area contributed by atoms with Crippen molar-refractivity contribution in [1.29, 1.82) is 0 Å². The topological polar surface area (TPSA) is 49.9 Å². The van der Waals surface area contributed by atoms with Crippen molar-refractivity contribution in [3.05, 3.63) is 35.9 Å². The van der Waals surface area contributed by atoms with Gasteiger partial charge in [0.05, 0.1) is 5.25 Å². The maximum absolute atomic E-state index is 12.9. The second-order valence-electron chi connectivity index (χ2n) is 8.59. The van der Waals surface area contributed by atoms with Gasteiger partial charge in [0.15, 0.2) is 0 Å². The molecule has 0 spiro atoms. The highest BCUT2D eigenvalue weighted by atomic mass is 32.2. The van der Waals surface area contributed by atoms with Crippen molar-refractivity contribution in [3.63, 3.8) is 0 Å². The van der Waals surface area contributed by atoms with Gasteiger partial charge in [0.1, 0.15) is 5.60 Å². The lowest BCUT2D eigenvalue weighted by molar-refractivity contribution is -0.132. The van der Waals surface area contributed by atoms with Crippen molar-refractivity contribution >= 4 is 23.8 Å². The van der Waals surface area contributed by atoms with Crippen LogP contribution in [0, 0.1) is 5.92 Å². The van der Waals surface area contributed by atoms with Gasteiger partial charge in [-0.15, -0.1) is 11.8 Å². The highest BCUT2D eigenvalue weighted by Gasteiger charge is 2.29. The number of likely N-dealkylation sites (tertiary alicyclic amines) is 1. The summed E-state index contributed by atoms with van der Waals surface area (Å²) in [6, 6.07) is 10.2. The first-order chi connectivity index (χ1) is 13.2. The number of carbonyl (C=O) groups excluding carboxylic acids is 2. The number of benzene rings is 1. The molecule has 1 aliphatic heterocycles. The van der Waals surface area contributed by atoms with Crippen molar-refractivity contribution < 1.29 is 14.3 Å².